The molecule has 0 fully saturated rings. The van der Waals surface area contributed by atoms with Gasteiger partial charge < -0.3 is 0 Å². The number of aryl methyl sites for hydroxylation is 1. The Balaban J connectivity index is 2.43. The van der Waals surface area contributed by atoms with Crippen LogP contribution in [-0.2, 0) is 0 Å². The first kappa shape index (κ1) is 6.90. The lowest BCUT2D eigenvalue weighted by Crippen LogP contribution is -1.88. The molecule has 0 aliphatic rings. The van der Waals surface area contributed by atoms with Crippen molar-refractivity contribution in [2.45, 2.75) is 6.92 Å². The second-order valence-corrected chi connectivity index (χ2v) is 2.35. The van der Waals surface area contributed by atoms with E-state index in [0.717, 1.165) is 11.4 Å². The van der Waals surface area contributed by atoms with Gasteiger partial charge in [0.1, 0.15) is 12.2 Å². The van der Waals surface area contributed by atoms with E-state index in [2.05, 4.69) is 25.1 Å². The number of H-pyrrole nitrogens is 1. The van der Waals surface area contributed by atoms with Crippen LogP contribution in [0.1, 0.15) is 5.82 Å². The fourth-order valence-corrected chi connectivity index (χ4v) is 0.859. The van der Waals surface area contributed by atoms with Gasteiger partial charge >= 0.3 is 0 Å². The summed E-state index contributed by atoms with van der Waals surface area (Å²) in [6.07, 6.45) is 4.88. The monoisotopic (exact) mass is 161 g/mol. The van der Waals surface area contributed by atoms with Crippen molar-refractivity contribution in [1.29, 1.82) is 0 Å². The quantitative estimate of drug-likeness (QED) is 0.663. The largest absolute Gasteiger partial charge is 0.259 e. The average molecular weight is 161 g/mol. The Bertz CT molecular complexity index is 350. The van der Waals surface area contributed by atoms with Gasteiger partial charge in [-0.05, 0) is 6.92 Å². The Morgan fingerprint density at radius 2 is 1.92 bits per heavy atom. The van der Waals surface area contributed by atoms with Crippen LogP contribution in [0.4, 0.5) is 0 Å². The van der Waals surface area contributed by atoms with E-state index >= 15 is 0 Å². The first-order valence-electron chi connectivity index (χ1n) is 3.50. The van der Waals surface area contributed by atoms with Crippen molar-refractivity contribution in [3.63, 3.8) is 0 Å². The highest BCUT2D eigenvalue weighted by molar-refractivity contribution is 5.50. The number of hydrogen-bond acceptors (Lipinski definition) is 4. The first-order valence-corrected chi connectivity index (χ1v) is 3.50. The predicted octanol–water partition coefficient (Wildman–Crippen LogP) is 0.570. The molecule has 0 aromatic carbocycles. The zero-order valence-corrected chi connectivity index (χ0v) is 6.52. The minimum absolute atomic E-state index is 0.690. The molecule has 2 aromatic heterocycles. The van der Waals surface area contributed by atoms with E-state index in [4.69, 9.17) is 0 Å². The SMILES string of the molecule is Cc1ncc(-c2ncn[nH]2)cn1. The molecule has 0 saturated carbocycles. The van der Waals surface area contributed by atoms with Crippen LogP contribution < -0.4 is 0 Å². The molecule has 0 amide bonds. The van der Waals surface area contributed by atoms with E-state index in [1.54, 1.807) is 12.4 Å². The summed E-state index contributed by atoms with van der Waals surface area (Å²) in [5.41, 5.74) is 0.845. The lowest BCUT2D eigenvalue weighted by molar-refractivity contribution is 1.04. The third kappa shape index (κ3) is 1.16. The summed E-state index contributed by atoms with van der Waals surface area (Å²) in [6, 6.07) is 0. The average Bonchev–Trinajstić information content (AvgIpc) is 2.58. The number of nitrogens with zero attached hydrogens (tertiary/aromatic N) is 4. The van der Waals surface area contributed by atoms with Gasteiger partial charge in [-0.1, -0.05) is 0 Å². The van der Waals surface area contributed by atoms with Crippen LogP contribution in [0.25, 0.3) is 11.4 Å². The summed E-state index contributed by atoms with van der Waals surface area (Å²) in [7, 11) is 0. The van der Waals surface area contributed by atoms with Crippen LogP contribution in [0.15, 0.2) is 18.7 Å². The highest BCUT2D eigenvalue weighted by atomic mass is 15.2. The molecule has 0 spiro atoms. The van der Waals surface area contributed by atoms with Crippen LogP contribution in [0, 0.1) is 6.92 Å². The van der Waals surface area contributed by atoms with Gasteiger partial charge in [-0.15, -0.1) is 0 Å². The molecule has 0 aliphatic heterocycles. The van der Waals surface area contributed by atoms with Crippen LogP contribution >= 0.6 is 0 Å². The Labute approximate surface area is 68.9 Å². The highest BCUT2D eigenvalue weighted by Gasteiger charge is 1.99. The summed E-state index contributed by atoms with van der Waals surface area (Å²) in [5, 5.41) is 6.46. The molecular weight excluding hydrogens is 154 g/mol. The summed E-state index contributed by atoms with van der Waals surface area (Å²) in [4.78, 5) is 12.0. The van der Waals surface area contributed by atoms with Gasteiger partial charge in [-0.2, -0.15) is 5.10 Å². The zero-order valence-electron chi connectivity index (χ0n) is 6.52. The Kier molecular flexibility index (Phi) is 1.55. The molecule has 0 unspecified atom stereocenters. The predicted molar refractivity (Wildman–Crippen MR) is 42.1 cm³/mol. The molecule has 5 nitrogen and oxygen atoms in total. The van der Waals surface area contributed by atoms with Crippen molar-refractivity contribution in [3.8, 4) is 11.4 Å². The van der Waals surface area contributed by atoms with Crippen LogP contribution in [0.5, 0.6) is 0 Å². The smallest absolute Gasteiger partial charge is 0.158 e. The van der Waals surface area contributed by atoms with Crippen LogP contribution in [-0.4, -0.2) is 25.1 Å². The fourth-order valence-electron chi connectivity index (χ4n) is 0.859. The molecule has 0 saturated heterocycles. The van der Waals surface area contributed by atoms with Gasteiger partial charge in [0.15, 0.2) is 5.82 Å². The zero-order chi connectivity index (χ0) is 8.39. The van der Waals surface area contributed by atoms with E-state index < -0.39 is 0 Å². The standard InChI is InChI=1S/C7H7N5/c1-5-8-2-6(3-9-5)7-10-4-11-12-7/h2-4H,1H3,(H,10,11,12). The number of aromatic nitrogens is 5. The second kappa shape index (κ2) is 2.69. The van der Waals surface area contributed by atoms with Crippen LogP contribution in [0.3, 0.4) is 0 Å². The Morgan fingerprint density at radius 1 is 1.17 bits per heavy atom. The molecule has 2 aromatic rings. The van der Waals surface area contributed by atoms with Crippen molar-refractivity contribution < 1.29 is 0 Å². The van der Waals surface area contributed by atoms with E-state index in [1.165, 1.54) is 6.33 Å². The molecule has 0 bridgehead atoms. The molecule has 2 rings (SSSR count). The molecule has 2 heterocycles. The van der Waals surface area contributed by atoms with E-state index in [1.807, 2.05) is 6.92 Å². The maximum absolute atomic E-state index is 4.04. The van der Waals surface area contributed by atoms with E-state index in [-0.39, 0.29) is 0 Å². The van der Waals surface area contributed by atoms with Gasteiger partial charge in [0.25, 0.3) is 0 Å². The molecule has 0 atom stereocenters. The topological polar surface area (TPSA) is 67.3 Å². The van der Waals surface area contributed by atoms with Gasteiger partial charge in [-0.3, -0.25) is 5.10 Å². The molecule has 0 radical (unpaired) electrons. The second-order valence-electron chi connectivity index (χ2n) is 2.35. The van der Waals surface area contributed by atoms with Gasteiger partial charge in [0, 0.05) is 12.4 Å². The third-order valence-corrected chi connectivity index (χ3v) is 1.47. The van der Waals surface area contributed by atoms with Crippen LogP contribution in [0.2, 0.25) is 0 Å². The van der Waals surface area contributed by atoms with Crippen molar-refractivity contribution in [2.24, 2.45) is 0 Å². The molecular formula is C7H7N5. The molecule has 12 heavy (non-hydrogen) atoms. The van der Waals surface area contributed by atoms with Crippen molar-refractivity contribution in [1.82, 2.24) is 25.1 Å². The molecule has 0 aliphatic carbocycles. The van der Waals surface area contributed by atoms with Gasteiger partial charge in [-0.25, -0.2) is 15.0 Å². The van der Waals surface area contributed by atoms with Crippen molar-refractivity contribution in [3.05, 3.63) is 24.5 Å². The summed E-state index contributed by atoms with van der Waals surface area (Å²) in [5.74, 6) is 1.44. The first-order chi connectivity index (χ1) is 5.86. The maximum atomic E-state index is 4.04. The third-order valence-electron chi connectivity index (χ3n) is 1.47. The maximum Gasteiger partial charge on any atom is 0.158 e. The molecule has 60 valence electrons. The molecule has 5 heteroatoms. The lowest BCUT2D eigenvalue weighted by Gasteiger charge is -1.93. The summed E-state index contributed by atoms with van der Waals surface area (Å²) < 4.78 is 0. The van der Waals surface area contributed by atoms with E-state index in [0.29, 0.717) is 5.82 Å². The number of hydrogen-bond donors (Lipinski definition) is 1. The highest BCUT2D eigenvalue weighted by Crippen LogP contribution is 2.09. The number of aromatic amines is 1. The summed E-state index contributed by atoms with van der Waals surface area (Å²) in [6.45, 7) is 1.84. The minimum atomic E-state index is 0.690. The minimum Gasteiger partial charge on any atom is -0.259 e. The van der Waals surface area contributed by atoms with Crippen molar-refractivity contribution >= 4 is 0 Å². The molecule has 1 N–H and O–H groups in total. The normalized spacial score (nSPS) is 10.1. The number of nitrogens with one attached hydrogen (secondary N) is 1. The summed E-state index contributed by atoms with van der Waals surface area (Å²) >= 11 is 0. The Hall–Kier alpha value is -1.78. The van der Waals surface area contributed by atoms with Gasteiger partial charge in [0.2, 0.25) is 0 Å². The van der Waals surface area contributed by atoms with Gasteiger partial charge in [0.05, 0.1) is 5.56 Å². The fraction of sp³-hybridized carbons (Fsp3) is 0.143. The number of rotatable bonds is 1. The Morgan fingerprint density at radius 3 is 2.50 bits per heavy atom. The lowest BCUT2D eigenvalue weighted by atomic mass is 10.3. The van der Waals surface area contributed by atoms with Crippen molar-refractivity contribution in [2.75, 3.05) is 0 Å². The van der Waals surface area contributed by atoms with E-state index in [9.17, 15) is 0 Å².